The van der Waals surface area contributed by atoms with E-state index in [2.05, 4.69) is 16.0 Å². The molecule has 20 heavy (non-hydrogen) atoms. The van der Waals surface area contributed by atoms with Crippen LogP contribution >= 0.6 is 0 Å². The molecule has 2 aliphatic rings. The van der Waals surface area contributed by atoms with Gasteiger partial charge in [0.25, 0.3) is 5.91 Å². The number of amides is 4. The standard InChI is InChI=1S/C13H22N4O3/c1-3-13(4-2)11(19)17(12(20)16-13)8-10(18)15-9-5-6-14-7-9/h9,14H,3-8H2,1-2H3,(H,15,18)(H,16,20). The van der Waals surface area contributed by atoms with Crippen LogP contribution in [-0.4, -0.2) is 54.0 Å². The molecule has 2 rings (SSSR count). The molecule has 0 radical (unpaired) electrons. The van der Waals surface area contributed by atoms with Crippen molar-refractivity contribution in [2.45, 2.75) is 44.7 Å². The number of nitrogens with one attached hydrogen (secondary N) is 3. The maximum absolute atomic E-state index is 12.3. The van der Waals surface area contributed by atoms with Gasteiger partial charge >= 0.3 is 6.03 Å². The van der Waals surface area contributed by atoms with Crippen LogP contribution in [-0.2, 0) is 9.59 Å². The molecular weight excluding hydrogens is 260 g/mol. The van der Waals surface area contributed by atoms with Gasteiger partial charge in [0.2, 0.25) is 5.91 Å². The van der Waals surface area contributed by atoms with Gasteiger partial charge < -0.3 is 16.0 Å². The number of carbonyl (C=O) groups excluding carboxylic acids is 3. The van der Waals surface area contributed by atoms with Gasteiger partial charge in [-0.15, -0.1) is 0 Å². The van der Waals surface area contributed by atoms with Crippen LogP contribution in [0, 0.1) is 0 Å². The van der Waals surface area contributed by atoms with Crippen LogP contribution < -0.4 is 16.0 Å². The largest absolute Gasteiger partial charge is 0.350 e. The van der Waals surface area contributed by atoms with Gasteiger partial charge in [0.05, 0.1) is 0 Å². The van der Waals surface area contributed by atoms with Gasteiger partial charge in [-0.1, -0.05) is 13.8 Å². The van der Waals surface area contributed by atoms with Gasteiger partial charge in [-0.25, -0.2) is 4.79 Å². The van der Waals surface area contributed by atoms with Gasteiger partial charge in [0, 0.05) is 12.6 Å². The van der Waals surface area contributed by atoms with E-state index in [1.807, 2.05) is 13.8 Å². The Balaban J connectivity index is 1.96. The van der Waals surface area contributed by atoms with Crippen LogP contribution in [0.4, 0.5) is 4.79 Å². The van der Waals surface area contributed by atoms with Gasteiger partial charge in [-0.05, 0) is 25.8 Å². The summed E-state index contributed by atoms with van der Waals surface area (Å²) in [7, 11) is 0. The highest BCUT2D eigenvalue weighted by atomic mass is 16.2. The van der Waals surface area contributed by atoms with Crippen molar-refractivity contribution in [3.8, 4) is 0 Å². The molecule has 2 heterocycles. The Bertz CT molecular complexity index is 414. The Hall–Kier alpha value is -1.63. The lowest BCUT2D eigenvalue weighted by Gasteiger charge is -2.23. The van der Waals surface area contributed by atoms with Crippen LogP contribution in [0.1, 0.15) is 33.1 Å². The van der Waals surface area contributed by atoms with Crippen molar-refractivity contribution in [2.75, 3.05) is 19.6 Å². The fourth-order valence-electron chi connectivity index (χ4n) is 2.74. The molecule has 0 aromatic carbocycles. The Morgan fingerprint density at radius 2 is 2.10 bits per heavy atom. The Morgan fingerprint density at radius 3 is 2.60 bits per heavy atom. The molecule has 2 saturated heterocycles. The fourth-order valence-corrected chi connectivity index (χ4v) is 2.74. The maximum Gasteiger partial charge on any atom is 0.325 e. The lowest BCUT2D eigenvalue weighted by atomic mass is 9.93. The Kier molecular flexibility index (Phi) is 4.27. The van der Waals surface area contributed by atoms with Crippen LogP contribution in [0.15, 0.2) is 0 Å². The zero-order chi connectivity index (χ0) is 14.8. The molecule has 0 saturated carbocycles. The second kappa shape index (κ2) is 5.78. The van der Waals surface area contributed by atoms with E-state index >= 15 is 0 Å². The second-order valence-corrected chi connectivity index (χ2v) is 5.37. The molecule has 112 valence electrons. The molecule has 4 amide bonds. The van der Waals surface area contributed by atoms with Crippen LogP contribution in [0.25, 0.3) is 0 Å². The summed E-state index contributed by atoms with van der Waals surface area (Å²) in [5, 5.41) is 8.69. The highest BCUT2D eigenvalue weighted by Crippen LogP contribution is 2.24. The van der Waals surface area contributed by atoms with Gasteiger partial charge in [0.15, 0.2) is 0 Å². The highest BCUT2D eigenvalue weighted by Gasteiger charge is 2.49. The zero-order valence-electron chi connectivity index (χ0n) is 12.0. The third-order valence-corrected chi connectivity index (χ3v) is 4.18. The zero-order valence-corrected chi connectivity index (χ0v) is 12.0. The minimum absolute atomic E-state index is 0.0883. The summed E-state index contributed by atoms with van der Waals surface area (Å²) in [6.45, 7) is 5.12. The second-order valence-electron chi connectivity index (χ2n) is 5.37. The average Bonchev–Trinajstić information content (AvgIpc) is 3.01. The number of hydrogen-bond donors (Lipinski definition) is 3. The molecule has 1 unspecified atom stereocenters. The summed E-state index contributed by atoms with van der Waals surface area (Å²) in [4.78, 5) is 37.2. The minimum atomic E-state index is -0.841. The van der Waals surface area contributed by atoms with Crippen LogP contribution in [0.3, 0.4) is 0 Å². The van der Waals surface area contributed by atoms with Crippen LogP contribution in [0.5, 0.6) is 0 Å². The lowest BCUT2D eigenvalue weighted by molar-refractivity contribution is -0.135. The molecule has 0 aromatic heterocycles. The van der Waals surface area contributed by atoms with Gasteiger partial charge in [-0.3, -0.25) is 14.5 Å². The first kappa shape index (κ1) is 14.8. The summed E-state index contributed by atoms with van der Waals surface area (Å²) < 4.78 is 0. The third-order valence-electron chi connectivity index (χ3n) is 4.18. The first-order valence-corrected chi connectivity index (χ1v) is 7.16. The summed E-state index contributed by atoms with van der Waals surface area (Å²) in [5.41, 5.74) is -0.841. The number of hydrogen-bond acceptors (Lipinski definition) is 4. The highest BCUT2D eigenvalue weighted by molar-refractivity contribution is 6.08. The van der Waals surface area contributed by atoms with Crippen molar-refractivity contribution >= 4 is 17.8 Å². The molecule has 2 fully saturated rings. The normalized spacial score (nSPS) is 24.9. The predicted molar refractivity (Wildman–Crippen MR) is 73.0 cm³/mol. The summed E-state index contributed by atoms with van der Waals surface area (Å²) in [5.74, 6) is -0.586. The van der Waals surface area contributed by atoms with Crippen LogP contribution in [0.2, 0.25) is 0 Å². The number of imide groups is 1. The molecule has 0 spiro atoms. The average molecular weight is 282 g/mol. The van der Waals surface area contributed by atoms with E-state index < -0.39 is 11.6 Å². The van der Waals surface area contributed by atoms with Gasteiger partial charge in [-0.2, -0.15) is 0 Å². The molecule has 7 nitrogen and oxygen atoms in total. The molecule has 0 aromatic rings. The quantitative estimate of drug-likeness (QED) is 0.597. The molecule has 1 atom stereocenters. The van der Waals surface area contributed by atoms with E-state index in [1.54, 1.807) is 0 Å². The van der Waals surface area contributed by atoms with E-state index in [9.17, 15) is 14.4 Å². The molecular formula is C13H22N4O3. The smallest absolute Gasteiger partial charge is 0.325 e. The summed E-state index contributed by atoms with van der Waals surface area (Å²) in [6.07, 6.45) is 1.93. The SMILES string of the molecule is CCC1(CC)NC(=O)N(CC(=O)NC2CCNC2)C1=O. The molecule has 0 aliphatic carbocycles. The number of urea groups is 1. The van der Waals surface area contributed by atoms with E-state index in [0.717, 1.165) is 24.4 Å². The predicted octanol–water partition coefficient (Wildman–Crippen LogP) is -0.425. The van der Waals surface area contributed by atoms with E-state index in [-0.39, 0.29) is 24.4 Å². The molecule has 2 aliphatic heterocycles. The summed E-state index contributed by atoms with van der Waals surface area (Å²) >= 11 is 0. The third kappa shape index (κ3) is 2.63. The molecule has 0 bridgehead atoms. The summed E-state index contributed by atoms with van der Waals surface area (Å²) in [6, 6.07) is -0.385. The minimum Gasteiger partial charge on any atom is -0.350 e. The monoisotopic (exact) mass is 282 g/mol. The molecule has 3 N–H and O–H groups in total. The maximum atomic E-state index is 12.3. The number of rotatable bonds is 5. The van der Waals surface area contributed by atoms with Crippen molar-refractivity contribution in [3.63, 3.8) is 0 Å². The van der Waals surface area contributed by atoms with E-state index in [1.165, 1.54) is 0 Å². The lowest BCUT2D eigenvalue weighted by Crippen LogP contribution is -2.47. The van der Waals surface area contributed by atoms with Crippen molar-refractivity contribution in [2.24, 2.45) is 0 Å². The van der Waals surface area contributed by atoms with Gasteiger partial charge in [0.1, 0.15) is 12.1 Å². The van der Waals surface area contributed by atoms with E-state index in [0.29, 0.717) is 12.8 Å². The number of carbonyl (C=O) groups is 3. The van der Waals surface area contributed by atoms with E-state index in [4.69, 9.17) is 0 Å². The topological polar surface area (TPSA) is 90.5 Å². The van der Waals surface area contributed by atoms with Crippen molar-refractivity contribution < 1.29 is 14.4 Å². The first-order chi connectivity index (χ1) is 9.52. The van der Waals surface area contributed by atoms with Crippen molar-refractivity contribution in [1.29, 1.82) is 0 Å². The Labute approximate surface area is 118 Å². The first-order valence-electron chi connectivity index (χ1n) is 7.16. The fraction of sp³-hybridized carbons (Fsp3) is 0.769. The number of nitrogens with zero attached hydrogens (tertiary/aromatic N) is 1. The van der Waals surface area contributed by atoms with Crippen molar-refractivity contribution in [1.82, 2.24) is 20.9 Å². The molecule has 7 heteroatoms. The van der Waals surface area contributed by atoms with Crippen molar-refractivity contribution in [3.05, 3.63) is 0 Å². The Morgan fingerprint density at radius 1 is 1.40 bits per heavy atom.